The molecule has 106 valence electrons. The minimum absolute atomic E-state index is 0.331. The molecule has 0 bridgehead atoms. The van der Waals surface area contributed by atoms with Crippen LogP contribution in [0.4, 0.5) is 4.79 Å². The summed E-state index contributed by atoms with van der Waals surface area (Å²) in [7, 11) is 1.40. The largest absolute Gasteiger partial charge is 0.490 e. The van der Waals surface area contributed by atoms with Crippen molar-refractivity contribution >= 4 is 11.9 Å². The summed E-state index contributed by atoms with van der Waals surface area (Å²) in [5.74, 6) is 0.119. The fourth-order valence-electron chi connectivity index (χ4n) is 1.33. The second kappa shape index (κ2) is 7.63. The molecule has 20 heavy (non-hydrogen) atoms. The molecule has 0 aliphatic carbocycles. The lowest BCUT2D eigenvalue weighted by Gasteiger charge is -2.11. The Morgan fingerprint density at radius 2 is 2.05 bits per heavy atom. The number of hydrogen-bond donors (Lipinski definition) is 2. The summed E-state index contributed by atoms with van der Waals surface area (Å²) in [6.07, 6.45) is 0. The predicted molar refractivity (Wildman–Crippen MR) is 70.4 cm³/mol. The molecule has 7 heteroatoms. The fourth-order valence-corrected chi connectivity index (χ4v) is 1.33. The molecule has 0 fully saturated rings. The summed E-state index contributed by atoms with van der Waals surface area (Å²) in [4.78, 5) is 22.3. The van der Waals surface area contributed by atoms with Gasteiger partial charge in [0.15, 0.2) is 18.1 Å². The van der Waals surface area contributed by atoms with Gasteiger partial charge in [-0.25, -0.2) is 4.79 Å². The summed E-state index contributed by atoms with van der Waals surface area (Å²) >= 11 is 0. The first-order valence-corrected chi connectivity index (χ1v) is 5.92. The van der Waals surface area contributed by atoms with Crippen LogP contribution in [0, 0.1) is 11.3 Å². The molecule has 2 N–H and O–H groups in total. The standard InChI is InChI=1S/C13H15N3O4/c1-3-19-11-6-9(7-14)4-5-10(11)20-8-12(17)16-13(18)15-2/h4-6H,3,8H2,1-2H3,(H2,15,16,17,18). The molecule has 0 aliphatic rings. The second-order valence-electron chi connectivity index (χ2n) is 3.62. The zero-order valence-electron chi connectivity index (χ0n) is 11.2. The van der Waals surface area contributed by atoms with Gasteiger partial charge in [0.1, 0.15) is 0 Å². The molecule has 0 atom stereocenters. The third kappa shape index (κ3) is 4.49. The minimum Gasteiger partial charge on any atom is -0.490 e. The molecule has 1 aromatic rings. The number of nitrogens with zero attached hydrogens (tertiary/aromatic N) is 1. The molecule has 0 saturated carbocycles. The van der Waals surface area contributed by atoms with Crippen molar-refractivity contribution in [3.8, 4) is 17.6 Å². The lowest BCUT2D eigenvalue weighted by atomic mass is 10.2. The number of nitrogens with one attached hydrogen (secondary N) is 2. The molecule has 0 aromatic heterocycles. The van der Waals surface area contributed by atoms with Crippen LogP contribution in [0.3, 0.4) is 0 Å². The topological polar surface area (TPSA) is 100 Å². The average Bonchev–Trinajstić information content (AvgIpc) is 2.46. The summed E-state index contributed by atoms with van der Waals surface area (Å²) < 4.78 is 10.6. The van der Waals surface area contributed by atoms with Gasteiger partial charge in [0.05, 0.1) is 18.2 Å². The van der Waals surface area contributed by atoms with Crippen molar-refractivity contribution in [2.45, 2.75) is 6.92 Å². The van der Waals surface area contributed by atoms with Crippen LogP contribution in [0.25, 0.3) is 0 Å². The molecule has 0 saturated heterocycles. The van der Waals surface area contributed by atoms with E-state index in [1.807, 2.05) is 6.07 Å². The van der Waals surface area contributed by atoms with Crippen LogP contribution in [0.1, 0.15) is 12.5 Å². The maximum Gasteiger partial charge on any atom is 0.321 e. The van der Waals surface area contributed by atoms with E-state index >= 15 is 0 Å². The van der Waals surface area contributed by atoms with E-state index in [0.717, 1.165) is 0 Å². The van der Waals surface area contributed by atoms with E-state index in [0.29, 0.717) is 23.7 Å². The molecule has 7 nitrogen and oxygen atoms in total. The lowest BCUT2D eigenvalue weighted by Crippen LogP contribution is -2.39. The third-order valence-electron chi connectivity index (χ3n) is 2.21. The molecular formula is C13H15N3O4. The second-order valence-corrected chi connectivity index (χ2v) is 3.62. The van der Waals surface area contributed by atoms with E-state index < -0.39 is 11.9 Å². The summed E-state index contributed by atoms with van der Waals surface area (Å²) in [5.41, 5.74) is 0.426. The van der Waals surface area contributed by atoms with Crippen molar-refractivity contribution < 1.29 is 19.1 Å². The van der Waals surface area contributed by atoms with Gasteiger partial charge in [-0.05, 0) is 19.1 Å². The number of ether oxygens (including phenoxy) is 2. The molecule has 1 rings (SSSR count). The van der Waals surface area contributed by atoms with Crippen LogP contribution < -0.4 is 20.1 Å². The smallest absolute Gasteiger partial charge is 0.321 e. The molecule has 0 unspecified atom stereocenters. The van der Waals surface area contributed by atoms with Gasteiger partial charge in [0.2, 0.25) is 0 Å². The number of nitriles is 1. The zero-order valence-corrected chi connectivity index (χ0v) is 11.2. The number of rotatable bonds is 5. The Labute approximate surface area is 116 Å². The zero-order chi connectivity index (χ0) is 15.0. The highest BCUT2D eigenvalue weighted by Crippen LogP contribution is 2.28. The highest BCUT2D eigenvalue weighted by atomic mass is 16.5. The Kier molecular flexibility index (Phi) is 5.84. The van der Waals surface area contributed by atoms with Crippen molar-refractivity contribution in [2.75, 3.05) is 20.3 Å². The Balaban J connectivity index is 2.70. The first kappa shape index (κ1) is 15.3. The molecule has 0 radical (unpaired) electrons. The van der Waals surface area contributed by atoms with E-state index in [-0.39, 0.29) is 6.61 Å². The van der Waals surface area contributed by atoms with Crippen LogP contribution >= 0.6 is 0 Å². The van der Waals surface area contributed by atoms with E-state index in [4.69, 9.17) is 14.7 Å². The van der Waals surface area contributed by atoms with Crippen LogP contribution in [0.5, 0.6) is 11.5 Å². The number of imide groups is 1. The number of carbonyl (C=O) groups is 2. The maximum atomic E-state index is 11.4. The molecule has 1 aromatic carbocycles. The van der Waals surface area contributed by atoms with E-state index in [1.165, 1.54) is 19.2 Å². The Morgan fingerprint density at radius 1 is 1.30 bits per heavy atom. The quantitative estimate of drug-likeness (QED) is 0.828. The molecule has 3 amide bonds. The van der Waals surface area contributed by atoms with E-state index in [1.54, 1.807) is 13.0 Å². The van der Waals surface area contributed by atoms with Gasteiger partial charge in [0.25, 0.3) is 5.91 Å². The SMILES string of the molecule is CCOc1cc(C#N)ccc1OCC(=O)NC(=O)NC. The Hall–Kier alpha value is -2.75. The number of carbonyl (C=O) groups excluding carboxylic acids is 2. The van der Waals surface area contributed by atoms with Crippen LogP contribution in [0.15, 0.2) is 18.2 Å². The molecule has 0 spiro atoms. The van der Waals surface area contributed by atoms with Crippen LogP contribution in [-0.4, -0.2) is 32.2 Å². The Morgan fingerprint density at radius 3 is 2.65 bits per heavy atom. The predicted octanol–water partition coefficient (Wildman–Crippen LogP) is 0.791. The summed E-state index contributed by atoms with van der Waals surface area (Å²) in [6, 6.07) is 5.99. The lowest BCUT2D eigenvalue weighted by molar-refractivity contribution is -0.122. The Bertz CT molecular complexity index is 537. The first-order chi connectivity index (χ1) is 9.60. The van der Waals surface area contributed by atoms with Gasteiger partial charge in [-0.15, -0.1) is 0 Å². The molecular weight excluding hydrogens is 262 g/mol. The van der Waals surface area contributed by atoms with Crippen molar-refractivity contribution in [1.29, 1.82) is 5.26 Å². The van der Waals surface area contributed by atoms with Gasteiger partial charge >= 0.3 is 6.03 Å². The molecule has 0 aliphatic heterocycles. The van der Waals surface area contributed by atoms with E-state index in [2.05, 4.69) is 10.6 Å². The minimum atomic E-state index is -0.608. The van der Waals surface area contributed by atoms with Gasteiger partial charge in [0, 0.05) is 13.1 Å². The summed E-state index contributed by atoms with van der Waals surface area (Å²) in [5, 5.41) is 13.1. The van der Waals surface area contributed by atoms with Crippen LogP contribution in [-0.2, 0) is 4.79 Å². The van der Waals surface area contributed by atoms with Crippen LogP contribution in [0.2, 0.25) is 0 Å². The normalized spacial score (nSPS) is 9.25. The monoisotopic (exact) mass is 277 g/mol. The number of amides is 3. The first-order valence-electron chi connectivity index (χ1n) is 5.92. The number of benzene rings is 1. The summed E-state index contributed by atoms with van der Waals surface area (Å²) in [6.45, 7) is 1.86. The van der Waals surface area contributed by atoms with Gasteiger partial charge in [-0.3, -0.25) is 10.1 Å². The van der Waals surface area contributed by atoms with Crippen molar-refractivity contribution in [2.24, 2.45) is 0 Å². The number of urea groups is 1. The fraction of sp³-hybridized carbons (Fsp3) is 0.308. The number of hydrogen-bond acceptors (Lipinski definition) is 5. The van der Waals surface area contributed by atoms with Gasteiger partial charge < -0.3 is 14.8 Å². The molecule has 0 heterocycles. The highest BCUT2D eigenvalue weighted by molar-refractivity contribution is 5.94. The highest BCUT2D eigenvalue weighted by Gasteiger charge is 2.10. The van der Waals surface area contributed by atoms with Crippen molar-refractivity contribution in [1.82, 2.24) is 10.6 Å². The van der Waals surface area contributed by atoms with Gasteiger partial charge in [-0.1, -0.05) is 0 Å². The van der Waals surface area contributed by atoms with E-state index in [9.17, 15) is 9.59 Å². The average molecular weight is 277 g/mol. The third-order valence-corrected chi connectivity index (χ3v) is 2.21. The van der Waals surface area contributed by atoms with Crippen molar-refractivity contribution in [3.63, 3.8) is 0 Å². The maximum absolute atomic E-state index is 11.4. The van der Waals surface area contributed by atoms with Crippen molar-refractivity contribution in [3.05, 3.63) is 23.8 Å². The van der Waals surface area contributed by atoms with Gasteiger partial charge in [-0.2, -0.15) is 5.26 Å².